The summed E-state index contributed by atoms with van der Waals surface area (Å²) in [7, 11) is 0. The minimum atomic E-state index is -0.540. The van der Waals surface area contributed by atoms with Crippen LogP contribution in [0.4, 0.5) is 22.1 Å². The zero-order valence-electron chi connectivity index (χ0n) is 23.8. The number of amides is 2. The maximum Gasteiger partial charge on any atom is 0.410 e. The molecule has 2 aliphatic rings. The second-order valence-electron chi connectivity index (χ2n) is 11.5. The van der Waals surface area contributed by atoms with Gasteiger partial charge in [-0.05, 0) is 51.8 Å². The van der Waals surface area contributed by atoms with E-state index in [0.29, 0.717) is 30.3 Å². The van der Waals surface area contributed by atoms with Crippen molar-refractivity contribution in [2.45, 2.75) is 58.2 Å². The van der Waals surface area contributed by atoms with Crippen LogP contribution in [-0.4, -0.2) is 79.4 Å². The minimum absolute atomic E-state index is 0.0167. The van der Waals surface area contributed by atoms with Crippen molar-refractivity contribution >= 4 is 29.3 Å². The molecule has 2 N–H and O–H groups in total. The van der Waals surface area contributed by atoms with E-state index in [0.717, 1.165) is 42.7 Å². The van der Waals surface area contributed by atoms with Crippen LogP contribution in [0.1, 0.15) is 52.1 Å². The first-order valence-electron chi connectivity index (χ1n) is 13.8. The van der Waals surface area contributed by atoms with E-state index < -0.39 is 5.60 Å². The van der Waals surface area contributed by atoms with E-state index in [4.69, 9.17) is 4.74 Å². The van der Waals surface area contributed by atoms with Gasteiger partial charge < -0.3 is 25.2 Å². The molecule has 1 aromatic carbocycles. The molecule has 0 spiro atoms. The number of nitrogens with one attached hydrogen (secondary N) is 2. The summed E-state index contributed by atoms with van der Waals surface area (Å²) in [6.45, 7) is 9.62. The highest BCUT2D eigenvalue weighted by Gasteiger charge is 2.34. The molecule has 0 unspecified atom stereocenters. The largest absolute Gasteiger partial charge is 0.444 e. The summed E-state index contributed by atoms with van der Waals surface area (Å²) in [4.78, 5) is 36.3. The van der Waals surface area contributed by atoms with Gasteiger partial charge in [-0.25, -0.2) is 14.8 Å². The van der Waals surface area contributed by atoms with Crippen LogP contribution in [-0.2, 0) is 9.53 Å². The SMILES string of the molecule is CC(=O)N1CCC(n2cc(-c3cnc(Nc4ccc(C#N)c(NC5CN(C(=O)OC(C)(C)C)C5)c4)nc3)cn2)CC1. The Labute approximate surface area is 239 Å². The zero-order chi connectivity index (χ0) is 29.1. The molecule has 0 saturated carbocycles. The lowest BCUT2D eigenvalue weighted by atomic mass is 10.1. The first kappa shape index (κ1) is 27.9. The van der Waals surface area contributed by atoms with Crippen molar-refractivity contribution in [1.82, 2.24) is 29.5 Å². The van der Waals surface area contributed by atoms with Gasteiger partial charge in [0, 0.05) is 68.5 Å². The molecular weight excluding hydrogens is 522 g/mol. The first-order valence-corrected chi connectivity index (χ1v) is 13.8. The van der Waals surface area contributed by atoms with E-state index in [1.807, 2.05) is 48.8 Å². The van der Waals surface area contributed by atoms with Crippen LogP contribution in [0.15, 0.2) is 43.0 Å². The van der Waals surface area contributed by atoms with Gasteiger partial charge in [0.2, 0.25) is 11.9 Å². The van der Waals surface area contributed by atoms with Gasteiger partial charge in [0.1, 0.15) is 11.7 Å². The number of hydrogen-bond acceptors (Lipinski definition) is 9. The molecule has 2 saturated heterocycles. The molecule has 12 nitrogen and oxygen atoms in total. The van der Waals surface area contributed by atoms with E-state index in [-0.39, 0.29) is 24.1 Å². The van der Waals surface area contributed by atoms with Gasteiger partial charge in [0.15, 0.2) is 0 Å². The Morgan fingerprint density at radius 2 is 1.76 bits per heavy atom. The summed E-state index contributed by atoms with van der Waals surface area (Å²) >= 11 is 0. The van der Waals surface area contributed by atoms with Crippen molar-refractivity contribution in [3.8, 4) is 17.2 Å². The van der Waals surface area contributed by atoms with E-state index in [2.05, 4.69) is 31.8 Å². The summed E-state index contributed by atoms with van der Waals surface area (Å²) in [5.74, 6) is 0.544. The molecule has 41 heavy (non-hydrogen) atoms. The van der Waals surface area contributed by atoms with Gasteiger partial charge in [-0.3, -0.25) is 9.48 Å². The standard InChI is InChI=1S/C29H35N9O3/c1-19(39)36-9-7-25(8-10-36)38-16-22(15-33-38)21-13-31-27(32-14-21)35-23-6-5-20(12-30)26(11-23)34-24-17-37(18-24)28(40)41-29(2,3)4/h5-6,11,13-16,24-25,34H,7-10,17-18H2,1-4H3,(H,31,32,35). The average molecular weight is 558 g/mol. The van der Waals surface area contributed by atoms with Crippen LogP contribution >= 0.6 is 0 Å². The molecule has 0 radical (unpaired) electrons. The summed E-state index contributed by atoms with van der Waals surface area (Å²) in [5.41, 5.74) is 3.14. The maximum absolute atomic E-state index is 12.2. The van der Waals surface area contributed by atoms with Crippen LogP contribution in [0.5, 0.6) is 0 Å². The van der Waals surface area contributed by atoms with Gasteiger partial charge in [-0.2, -0.15) is 10.4 Å². The number of benzene rings is 1. The topological polar surface area (TPSA) is 141 Å². The normalized spacial score (nSPS) is 16.1. The highest BCUT2D eigenvalue weighted by Crippen LogP contribution is 2.27. The van der Waals surface area contributed by atoms with Crippen molar-refractivity contribution in [2.24, 2.45) is 0 Å². The number of nitrogens with zero attached hydrogens (tertiary/aromatic N) is 7. The zero-order valence-corrected chi connectivity index (χ0v) is 23.8. The number of hydrogen-bond donors (Lipinski definition) is 2. The van der Waals surface area contributed by atoms with Gasteiger partial charge in [0.05, 0.1) is 29.5 Å². The Balaban J connectivity index is 1.18. The minimum Gasteiger partial charge on any atom is -0.444 e. The van der Waals surface area contributed by atoms with E-state index in [1.165, 1.54) is 0 Å². The first-order chi connectivity index (χ1) is 19.6. The summed E-state index contributed by atoms with van der Waals surface area (Å²) < 4.78 is 7.38. The second kappa shape index (κ2) is 11.4. The Morgan fingerprint density at radius 3 is 2.39 bits per heavy atom. The van der Waals surface area contributed by atoms with Crippen LogP contribution in [0, 0.1) is 11.3 Å². The van der Waals surface area contributed by atoms with Gasteiger partial charge in [0.25, 0.3) is 0 Å². The lowest BCUT2D eigenvalue weighted by Gasteiger charge is -2.40. The number of rotatable bonds is 6. The number of nitriles is 1. The predicted molar refractivity (Wildman–Crippen MR) is 153 cm³/mol. The number of aromatic nitrogens is 4. The summed E-state index contributed by atoms with van der Waals surface area (Å²) in [5, 5.41) is 20.7. The third-order valence-electron chi connectivity index (χ3n) is 7.16. The summed E-state index contributed by atoms with van der Waals surface area (Å²) in [6.07, 6.45) is 8.73. The molecule has 0 atom stereocenters. The Hall–Kier alpha value is -4.66. The molecule has 12 heteroatoms. The van der Waals surface area contributed by atoms with Crippen molar-refractivity contribution in [3.63, 3.8) is 0 Å². The Bertz CT molecular complexity index is 1440. The fourth-order valence-electron chi connectivity index (χ4n) is 4.91. The smallest absolute Gasteiger partial charge is 0.410 e. The predicted octanol–water partition coefficient (Wildman–Crippen LogP) is 4.17. The Morgan fingerprint density at radius 1 is 1.05 bits per heavy atom. The molecule has 0 bridgehead atoms. The molecule has 2 aliphatic heterocycles. The van der Waals surface area contributed by atoms with Crippen LogP contribution in [0.25, 0.3) is 11.1 Å². The quantitative estimate of drug-likeness (QED) is 0.457. The molecule has 2 amide bonds. The molecule has 5 rings (SSSR count). The summed E-state index contributed by atoms with van der Waals surface area (Å²) in [6, 6.07) is 7.87. The van der Waals surface area contributed by atoms with Gasteiger partial charge >= 0.3 is 6.09 Å². The van der Waals surface area contributed by atoms with Crippen LogP contribution in [0.3, 0.4) is 0 Å². The fraction of sp³-hybridized carbons (Fsp3) is 0.448. The molecule has 0 aliphatic carbocycles. The number of likely N-dealkylation sites (tertiary alicyclic amines) is 2. The van der Waals surface area contributed by atoms with E-state index in [1.54, 1.807) is 36.4 Å². The number of piperidine rings is 1. The highest BCUT2D eigenvalue weighted by atomic mass is 16.6. The molecular formula is C29H35N9O3. The average Bonchev–Trinajstić information content (AvgIpc) is 3.40. The van der Waals surface area contributed by atoms with Crippen molar-refractivity contribution in [1.29, 1.82) is 5.26 Å². The number of ether oxygens (including phenoxy) is 1. The van der Waals surface area contributed by atoms with Crippen LogP contribution in [0.2, 0.25) is 0 Å². The lowest BCUT2D eigenvalue weighted by Crippen LogP contribution is -2.58. The molecule has 3 aromatic rings. The third kappa shape index (κ3) is 6.74. The number of anilines is 3. The molecule has 2 fully saturated rings. The lowest BCUT2D eigenvalue weighted by molar-refractivity contribution is -0.130. The molecule has 214 valence electrons. The molecule has 4 heterocycles. The van der Waals surface area contributed by atoms with Gasteiger partial charge in [-0.1, -0.05) is 0 Å². The third-order valence-corrected chi connectivity index (χ3v) is 7.16. The van der Waals surface area contributed by atoms with Gasteiger partial charge in [-0.15, -0.1) is 0 Å². The van der Waals surface area contributed by atoms with Crippen molar-refractivity contribution in [2.75, 3.05) is 36.8 Å². The van der Waals surface area contributed by atoms with Crippen LogP contribution < -0.4 is 10.6 Å². The maximum atomic E-state index is 12.2. The second-order valence-corrected chi connectivity index (χ2v) is 11.5. The van der Waals surface area contributed by atoms with Crippen molar-refractivity contribution in [3.05, 3.63) is 48.5 Å². The fourth-order valence-corrected chi connectivity index (χ4v) is 4.91. The number of carbonyl (C=O) groups is 2. The van der Waals surface area contributed by atoms with E-state index in [9.17, 15) is 14.9 Å². The highest BCUT2D eigenvalue weighted by molar-refractivity contribution is 5.73. The number of carbonyl (C=O) groups excluding carboxylic acids is 2. The van der Waals surface area contributed by atoms with E-state index >= 15 is 0 Å². The van der Waals surface area contributed by atoms with Crippen molar-refractivity contribution < 1.29 is 14.3 Å². The monoisotopic (exact) mass is 557 g/mol. The molecule has 2 aromatic heterocycles. The Kier molecular flexibility index (Phi) is 7.79.